The molecule has 1 aliphatic rings. The highest BCUT2D eigenvalue weighted by molar-refractivity contribution is 6.04. The minimum atomic E-state index is -0.354. The monoisotopic (exact) mass is 368 g/mol. The zero-order valence-corrected chi connectivity index (χ0v) is 15.6. The van der Waals surface area contributed by atoms with Crippen LogP contribution in [0.3, 0.4) is 0 Å². The molecular weight excluding hydrogens is 344 g/mol. The molecule has 142 valence electrons. The molecule has 0 bridgehead atoms. The largest absolute Gasteiger partial charge is 0.494 e. The van der Waals surface area contributed by atoms with Gasteiger partial charge in [-0.2, -0.15) is 0 Å². The number of aromatic nitrogens is 1. The normalized spacial score (nSPS) is 14.7. The van der Waals surface area contributed by atoms with Crippen LogP contribution in [0.5, 0.6) is 5.75 Å². The fraction of sp³-hybridized carbons (Fsp3) is 0.350. The van der Waals surface area contributed by atoms with Crippen molar-refractivity contribution in [3.05, 3.63) is 53.9 Å². The topological polar surface area (TPSA) is 74.8 Å². The van der Waals surface area contributed by atoms with Crippen LogP contribution in [-0.4, -0.2) is 66.4 Å². The molecular formula is C20H24N4O3. The molecule has 2 amide bonds. The zero-order chi connectivity index (χ0) is 19.2. The van der Waals surface area contributed by atoms with Crippen molar-refractivity contribution in [3.8, 4) is 5.75 Å². The van der Waals surface area contributed by atoms with Crippen molar-refractivity contribution in [2.75, 3.05) is 45.2 Å². The number of piperazine rings is 1. The number of carbonyl (C=O) groups is 2. The number of nitrogens with zero attached hydrogens (tertiary/aromatic N) is 3. The SMILES string of the molecule is CCOc1ccc(NC(=O)c2cc(C(=O)N3CCN(C)CC3)ccn2)cc1. The summed E-state index contributed by atoms with van der Waals surface area (Å²) in [5.74, 6) is 0.321. The Balaban J connectivity index is 1.67. The van der Waals surface area contributed by atoms with Crippen LogP contribution in [-0.2, 0) is 0 Å². The van der Waals surface area contributed by atoms with E-state index in [4.69, 9.17) is 4.74 Å². The van der Waals surface area contributed by atoms with Gasteiger partial charge in [0.15, 0.2) is 0 Å². The van der Waals surface area contributed by atoms with Crippen LogP contribution in [0.4, 0.5) is 5.69 Å². The molecule has 3 rings (SSSR count). The van der Waals surface area contributed by atoms with Crippen molar-refractivity contribution in [1.29, 1.82) is 0 Å². The average Bonchev–Trinajstić information content (AvgIpc) is 2.70. The molecule has 2 heterocycles. The van der Waals surface area contributed by atoms with Crippen LogP contribution in [0.2, 0.25) is 0 Å². The fourth-order valence-electron chi connectivity index (χ4n) is 2.88. The van der Waals surface area contributed by atoms with E-state index in [1.165, 1.54) is 6.20 Å². The molecule has 0 radical (unpaired) electrons. The maximum Gasteiger partial charge on any atom is 0.274 e. The number of nitrogens with one attached hydrogen (secondary N) is 1. The van der Waals surface area contributed by atoms with Crippen LogP contribution in [0.15, 0.2) is 42.6 Å². The van der Waals surface area contributed by atoms with Gasteiger partial charge >= 0.3 is 0 Å². The number of hydrogen-bond acceptors (Lipinski definition) is 5. The first-order valence-electron chi connectivity index (χ1n) is 9.05. The van der Waals surface area contributed by atoms with Gasteiger partial charge in [-0.3, -0.25) is 14.6 Å². The molecule has 1 aromatic carbocycles. The summed E-state index contributed by atoms with van der Waals surface area (Å²) in [6, 6.07) is 10.3. The summed E-state index contributed by atoms with van der Waals surface area (Å²) < 4.78 is 5.39. The predicted octanol–water partition coefficient (Wildman–Crippen LogP) is 2.12. The molecule has 1 aliphatic heterocycles. The predicted molar refractivity (Wildman–Crippen MR) is 103 cm³/mol. The number of hydrogen-bond donors (Lipinski definition) is 1. The Morgan fingerprint density at radius 1 is 1.11 bits per heavy atom. The molecule has 2 aromatic rings. The highest BCUT2D eigenvalue weighted by Crippen LogP contribution is 2.16. The van der Waals surface area contributed by atoms with Gasteiger partial charge in [0.2, 0.25) is 0 Å². The minimum absolute atomic E-state index is 0.0689. The minimum Gasteiger partial charge on any atom is -0.494 e. The first-order valence-corrected chi connectivity index (χ1v) is 9.05. The molecule has 1 N–H and O–H groups in total. The van der Waals surface area contributed by atoms with E-state index in [2.05, 4.69) is 15.2 Å². The lowest BCUT2D eigenvalue weighted by Gasteiger charge is -2.32. The zero-order valence-electron chi connectivity index (χ0n) is 15.6. The Bertz CT molecular complexity index is 799. The van der Waals surface area contributed by atoms with Crippen LogP contribution in [0.1, 0.15) is 27.8 Å². The van der Waals surface area contributed by atoms with Gasteiger partial charge < -0.3 is 19.9 Å². The Morgan fingerprint density at radius 3 is 2.48 bits per heavy atom. The van der Waals surface area contributed by atoms with Gasteiger partial charge in [-0.05, 0) is 50.4 Å². The number of amides is 2. The first kappa shape index (κ1) is 18.8. The summed E-state index contributed by atoms with van der Waals surface area (Å²) >= 11 is 0. The number of rotatable bonds is 5. The van der Waals surface area contributed by atoms with Gasteiger partial charge in [0.05, 0.1) is 6.61 Å². The number of carbonyl (C=O) groups excluding carboxylic acids is 2. The Kier molecular flexibility index (Phi) is 6.03. The van der Waals surface area contributed by atoms with Crippen molar-refractivity contribution >= 4 is 17.5 Å². The molecule has 1 fully saturated rings. The second-order valence-electron chi connectivity index (χ2n) is 6.44. The lowest BCUT2D eigenvalue weighted by atomic mass is 10.1. The summed E-state index contributed by atoms with van der Waals surface area (Å²) in [6.45, 7) is 5.57. The number of likely N-dealkylation sites (N-methyl/N-ethyl adjacent to an activating group) is 1. The summed E-state index contributed by atoms with van der Waals surface area (Å²) in [5.41, 5.74) is 1.33. The van der Waals surface area contributed by atoms with E-state index in [-0.39, 0.29) is 17.5 Å². The molecule has 0 aliphatic carbocycles. The fourth-order valence-corrected chi connectivity index (χ4v) is 2.88. The molecule has 0 unspecified atom stereocenters. The van der Waals surface area contributed by atoms with Crippen LogP contribution in [0.25, 0.3) is 0 Å². The van der Waals surface area contributed by atoms with Crippen molar-refractivity contribution in [3.63, 3.8) is 0 Å². The Hall–Kier alpha value is -2.93. The molecule has 7 heteroatoms. The van der Waals surface area contributed by atoms with E-state index in [9.17, 15) is 9.59 Å². The van der Waals surface area contributed by atoms with Gasteiger partial charge in [0, 0.05) is 43.6 Å². The summed E-state index contributed by atoms with van der Waals surface area (Å²) in [7, 11) is 2.04. The molecule has 0 spiro atoms. The average molecular weight is 368 g/mol. The van der Waals surface area contributed by atoms with Gasteiger partial charge in [-0.1, -0.05) is 0 Å². The standard InChI is InChI=1S/C20H24N4O3/c1-3-27-17-6-4-16(5-7-17)22-19(25)18-14-15(8-9-21-18)20(26)24-12-10-23(2)11-13-24/h4-9,14H,3,10-13H2,1-2H3,(H,22,25). The van der Waals surface area contributed by atoms with Gasteiger partial charge in [0.1, 0.15) is 11.4 Å². The third kappa shape index (κ3) is 4.83. The van der Waals surface area contributed by atoms with E-state index >= 15 is 0 Å². The summed E-state index contributed by atoms with van der Waals surface area (Å²) in [5, 5.41) is 2.79. The molecule has 0 saturated carbocycles. The van der Waals surface area contributed by atoms with Crippen molar-refractivity contribution in [2.45, 2.75) is 6.92 Å². The molecule has 1 aromatic heterocycles. The summed E-state index contributed by atoms with van der Waals surface area (Å²) in [4.78, 5) is 33.3. The first-order chi connectivity index (χ1) is 13.1. The van der Waals surface area contributed by atoms with Crippen LogP contribution in [0, 0.1) is 0 Å². The second kappa shape index (κ2) is 8.64. The quantitative estimate of drug-likeness (QED) is 0.875. The van der Waals surface area contributed by atoms with E-state index < -0.39 is 0 Å². The lowest BCUT2D eigenvalue weighted by molar-refractivity contribution is 0.0664. The third-order valence-electron chi connectivity index (χ3n) is 4.45. The lowest BCUT2D eigenvalue weighted by Crippen LogP contribution is -2.47. The van der Waals surface area contributed by atoms with Crippen LogP contribution < -0.4 is 10.1 Å². The summed E-state index contributed by atoms with van der Waals surface area (Å²) in [6.07, 6.45) is 1.50. The number of pyridine rings is 1. The van der Waals surface area contributed by atoms with E-state index in [1.807, 2.05) is 18.9 Å². The number of benzene rings is 1. The highest BCUT2D eigenvalue weighted by Gasteiger charge is 2.21. The number of ether oxygens (including phenoxy) is 1. The highest BCUT2D eigenvalue weighted by atomic mass is 16.5. The second-order valence-corrected chi connectivity index (χ2v) is 6.44. The van der Waals surface area contributed by atoms with E-state index in [0.29, 0.717) is 30.9 Å². The molecule has 7 nitrogen and oxygen atoms in total. The van der Waals surface area contributed by atoms with Crippen molar-refractivity contribution in [2.24, 2.45) is 0 Å². The van der Waals surface area contributed by atoms with Crippen LogP contribution >= 0.6 is 0 Å². The van der Waals surface area contributed by atoms with E-state index in [1.54, 1.807) is 36.4 Å². The van der Waals surface area contributed by atoms with Crippen molar-refractivity contribution < 1.29 is 14.3 Å². The molecule has 1 saturated heterocycles. The van der Waals surface area contributed by atoms with Crippen molar-refractivity contribution in [1.82, 2.24) is 14.8 Å². The number of anilines is 1. The Morgan fingerprint density at radius 2 is 1.81 bits per heavy atom. The maximum atomic E-state index is 12.7. The van der Waals surface area contributed by atoms with E-state index in [0.717, 1.165) is 18.8 Å². The molecule has 0 atom stereocenters. The smallest absolute Gasteiger partial charge is 0.274 e. The Labute approximate surface area is 158 Å². The van der Waals surface area contributed by atoms with Gasteiger partial charge in [-0.15, -0.1) is 0 Å². The molecule has 27 heavy (non-hydrogen) atoms. The van der Waals surface area contributed by atoms with Gasteiger partial charge in [-0.25, -0.2) is 0 Å². The maximum absolute atomic E-state index is 12.7. The van der Waals surface area contributed by atoms with Gasteiger partial charge in [0.25, 0.3) is 11.8 Å². The third-order valence-corrected chi connectivity index (χ3v) is 4.45.